The highest BCUT2D eigenvalue weighted by Crippen LogP contribution is 2.20. The summed E-state index contributed by atoms with van der Waals surface area (Å²) in [4.78, 5) is 11.0. The van der Waals surface area contributed by atoms with Gasteiger partial charge in [0, 0.05) is 20.3 Å². The second-order valence-corrected chi connectivity index (χ2v) is 5.68. The van der Waals surface area contributed by atoms with Crippen LogP contribution in [0.25, 0.3) is 0 Å². The number of benzene rings is 1. The molecular weight excluding hydrogens is 303 g/mol. The number of carbonyl (C=O) groups is 1. The maximum absolute atomic E-state index is 13.6. The zero-order chi connectivity index (χ0) is 15.9. The summed E-state index contributed by atoms with van der Waals surface area (Å²) < 4.78 is 45.4. The van der Waals surface area contributed by atoms with E-state index in [4.69, 9.17) is 14.6 Å². The molecule has 1 aromatic carbocycles. The molecule has 0 unspecified atom stereocenters. The predicted molar refractivity (Wildman–Crippen MR) is 72.8 cm³/mol. The molecule has 3 N–H and O–H groups in total. The van der Waals surface area contributed by atoms with Gasteiger partial charge in [-0.2, -0.15) is 0 Å². The maximum Gasteiger partial charge on any atom is 0.257 e. The van der Waals surface area contributed by atoms with Crippen LogP contribution in [0.1, 0.15) is 6.42 Å². The lowest BCUT2D eigenvalue weighted by Crippen LogP contribution is -2.30. The molecule has 0 saturated heterocycles. The molecule has 0 radical (unpaired) electrons. The Kier molecular flexibility index (Phi) is 6.53. The molecule has 9 heteroatoms. The molecule has 0 aromatic heterocycles. The summed E-state index contributed by atoms with van der Waals surface area (Å²) in [5.74, 6) is -1.55. The highest BCUT2D eigenvalue weighted by molar-refractivity contribution is 7.89. The highest BCUT2D eigenvalue weighted by Gasteiger charge is 2.13. The molecule has 0 atom stereocenters. The van der Waals surface area contributed by atoms with Crippen molar-refractivity contribution < 1.29 is 27.1 Å². The first kappa shape index (κ1) is 17.3. The van der Waals surface area contributed by atoms with E-state index in [1.807, 2.05) is 0 Å². The number of primary sulfonamides is 1. The van der Waals surface area contributed by atoms with Crippen LogP contribution in [0.5, 0.6) is 5.75 Å². The third-order valence-corrected chi connectivity index (χ3v) is 3.35. The molecule has 0 aliphatic rings. The Morgan fingerprint density at radius 1 is 1.43 bits per heavy atom. The van der Waals surface area contributed by atoms with E-state index >= 15 is 0 Å². The Balaban J connectivity index is 2.51. The summed E-state index contributed by atoms with van der Waals surface area (Å²) in [6, 6.07) is 2.94. The van der Waals surface area contributed by atoms with Crippen molar-refractivity contribution in [2.45, 2.75) is 11.3 Å². The number of rotatable bonds is 8. The van der Waals surface area contributed by atoms with E-state index in [-0.39, 0.29) is 17.3 Å². The second-order valence-electron chi connectivity index (χ2n) is 4.12. The SMILES string of the molecule is COCCCNC(=O)COc1ccc(S(N)(=O)=O)cc1F. The van der Waals surface area contributed by atoms with Crippen LogP contribution in [0.2, 0.25) is 0 Å². The fraction of sp³-hybridized carbons (Fsp3) is 0.417. The normalized spacial score (nSPS) is 11.2. The van der Waals surface area contributed by atoms with Crippen molar-refractivity contribution in [1.29, 1.82) is 0 Å². The fourth-order valence-electron chi connectivity index (χ4n) is 1.41. The smallest absolute Gasteiger partial charge is 0.257 e. The van der Waals surface area contributed by atoms with Crippen LogP contribution in [0, 0.1) is 5.82 Å². The van der Waals surface area contributed by atoms with Gasteiger partial charge in [0.1, 0.15) is 0 Å². The lowest BCUT2D eigenvalue weighted by molar-refractivity contribution is -0.123. The van der Waals surface area contributed by atoms with E-state index in [1.54, 1.807) is 7.11 Å². The molecular formula is C12H17FN2O5S. The van der Waals surface area contributed by atoms with Gasteiger partial charge in [-0.3, -0.25) is 4.79 Å². The van der Waals surface area contributed by atoms with Crippen molar-refractivity contribution in [2.75, 3.05) is 26.9 Å². The van der Waals surface area contributed by atoms with Crippen LogP contribution in [-0.4, -0.2) is 41.2 Å². The summed E-state index contributed by atoms with van der Waals surface area (Å²) >= 11 is 0. The lowest BCUT2D eigenvalue weighted by Gasteiger charge is -2.08. The first-order chi connectivity index (χ1) is 9.84. The number of ether oxygens (including phenoxy) is 2. The van der Waals surface area contributed by atoms with Crippen molar-refractivity contribution in [3.8, 4) is 5.75 Å². The third kappa shape index (κ3) is 6.06. The molecule has 0 aliphatic heterocycles. The van der Waals surface area contributed by atoms with Gasteiger partial charge in [-0.15, -0.1) is 0 Å². The Labute approximate surface area is 122 Å². The van der Waals surface area contributed by atoms with Gasteiger partial charge in [0.15, 0.2) is 18.2 Å². The van der Waals surface area contributed by atoms with Crippen molar-refractivity contribution in [3.63, 3.8) is 0 Å². The Morgan fingerprint density at radius 3 is 2.71 bits per heavy atom. The lowest BCUT2D eigenvalue weighted by atomic mass is 10.3. The number of methoxy groups -OCH3 is 1. The quantitative estimate of drug-likeness (QED) is 0.656. The first-order valence-corrected chi connectivity index (χ1v) is 7.60. The van der Waals surface area contributed by atoms with E-state index in [9.17, 15) is 17.6 Å². The van der Waals surface area contributed by atoms with Gasteiger partial charge in [-0.05, 0) is 24.6 Å². The zero-order valence-electron chi connectivity index (χ0n) is 11.5. The van der Waals surface area contributed by atoms with Crippen molar-refractivity contribution >= 4 is 15.9 Å². The van der Waals surface area contributed by atoms with Gasteiger partial charge in [0.2, 0.25) is 10.0 Å². The minimum absolute atomic E-state index is 0.227. The number of sulfonamides is 1. The average molecular weight is 320 g/mol. The van der Waals surface area contributed by atoms with Crippen molar-refractivity contribution in [1.82, 2.24) is 5.32 Å². The van der Waals surface area contributed by atoms with Gasteiger partial charge < -0.3 is 14.8 Å². The summed E-state index contributed by atoms with van der Waals surface area (Å²) in [7, 11) is -2.42. The van der Waals surface area contributed by atoms with Crippen LogP contribution < -0.4 is 15.2 Å². The third-order valence-electron chi connectivity index (χ3n) is 2.44. The van der Waals surface area contributed by atoms with E-state index in [0.29, 0.717) is 19.6 Å². The van der Waals surface area contributed by atoms with Crippen LogP contribution in [0.4, 0.5) is 4.39 Å². The molecule has 1 aromatic rings. The molecule has 21 heavy (non-hydrogen) atoms. The Morgan fingerprint density at radius 2 is 2.14 bits per heavy atom. The summed E-state index contributed by atoms with van der Waals surface area (Å²) in [5.41, 5.74) is 0. The predicted octanol–water partition coefficient (Wildman–Crippen LogP) is 0.00460. The number of amides is 1. The number of halogens is 1. The molecule has 1 amide bonds. The molecule has 118 valence electrons. The zero-order valence-corrected chi connectivity index (χ0v) is 12.3. The molecule has 7 nitrogen and oxygen atoms in total. The number of hydrogen-bond acceptors (Lipinski definition) is 5. The standard InChI is InChI=1S/C12H17FN2O5S/c1-19-6-2-5-15-12(16)8-20-11-4-3-9(7-10(11)13)21(14,17)18/h3-4,7H,2,5-6,8H2,1H3,(H,15,16)(H2,14,17,18). The number of nitrogens with two attached hydrogens (primary N) is 1. The Bertz CT molecular complexity index is 591. The van der Waals surface area contributed by atoms with E-state index in [1.165, 1.54) is 0 Å². The number of carbonyl (C=O) groups excluding carboxylic acids is 1. The van der Waals surface area contributed by atoms with E-state index < -0.39 is 21.7 Å². The molecule has 0 heterocycles. The van der Waals surface area contributed by atoms with Crippen LogP contribution in [0.3, 0.4) is 0 Å². The Hall–Kier alpha value is -1.71. The minimum atomic E-state index is -3.98. The monoisotopic (exact) mass is 320 g/mol. The first-order valence-electron chi connectivity index (χ1n) is 6.05. The maximum atomic E-state index is 13.6. The number of hydrogen-bond donors (Lipinski definition) is 2. The largest absolute Gasteiger partial charge is 0.481 e. The van der Waals surface area contributed by atoms with Crippen LogP contribution >= 0.6 is 0 Å². The second kappa shape index (κ2) is 7.91. The summed E-state index contributed by atoms with van der Waals surface area (Å²) in [5, 5.41) is 7.43. The fourth-order valence-corrected chi connectivity index (χ4v) is 1.94. The van der Waals surface area contributed by atoms with Gasteiger partial charge in [-0.1, -0.05) is 0 Å². The van der Waals surface area contributed by atoms with E-state index in [0.717, 1.165) is 18.2 Å². The molecule has 0 spiro atoms. The van der Waals surface area contributed by atoms with Crippen molar-refractivity contribution in [2.24, 2.45) is 5.14 Å². The summed E-state index contributed by atoms with van der Waals surface area (Å²) in [6.45, 7) is 0.562. The van der Waals surface area contributed by atoms with Gasteiger partial charge >= 0.3 is 0 Å². The minimum Gasteiger partial charge on any atom is -0.481 e. The van der Waals surface area contributed by atoms with Gasteiger partial charge in [0.25, 0.3) is 5.91 Å². The van der Waals surface area contributed by atoms with Gasteiger partial charge in [0.05, 0.1) is 4.90 Å². The van der Waals surface area contributed by atoms with Gasteiger partial charge in [-0.25, -0.2) is 17.9 Å². The van der Waals surface area contributed by atoms with Crippen molar-refractivity contribution in [3.05, 3.63) is 24.0 Å². The average Bonchev–Trinajstić information content (AvgIpc) is 2.41. The molecule has 0 bridgehead atoms. The van der Waals surface area contributed by atoms with E-state index in [2.05, 4.69) is 5.32 Å². The molecule has 0 aliphatic carbocycles. The molecule has 0 saturated carbocycles. The topological polar surface area (TPSA) is 108 Å². The number of nitrogens with one attached hydrogen (secondary N) is 1. The van der Waals surface area contributed by atoms with Crippen LogP contribution in [0.15, 0.2) is 23.1 Å². The molecule has 0 fully saturated rings. The molecule has 1 rings (SSSR count). The van der Waals surface area contributed by atoms with Crippen LogP contribution in [-0.2, 0) is 19.6 Å². The highest BCUT2D eigenvalue weighted by atomic mass is 32.2. The summed E-state index contributed by atoms with van der Waals surface area (Å²) in [6.07, 6.45) is 0.652.